The maximum absolute atomic E-state index is 12.8. The first kappa shape index (κ1) is 18.3. The van der Waals surface area contributed by atoms with Crippen molar-refractivity contribution < 1.29 is 4.79 Å². The molecule has 0 aromatic heterocycles. The average Bonchev–Trinajstić information content (AvgIpc) is 2.63. The van der Waals surface area contributed by atoms with Gasteiger partial charge < -0.3 is 15.1 Å². The number of carbonyl (C=O) groups excluding carboxylic acids is 1. The Labute approximate surface area is 156 Å². The van der Waals surface area contributed by atoms with E-state index >= 15 is 0 Å². The number of piperazine rings is 1. The van der Waals surface area contributed by atoms with E-state index < -0.39 is 0 Å². The van der Waals surface area contributed by atoms with Crippen molar-refractivity contribution >= 4 is 17.4 Å². The molecule has 0 unspecified atom stereocenters. The normalized spacial score (nSPS) is 14.7. The van der Waals surface area contributed by atoms with Crippen molar-refractivity contribution in [3.05, 3.63) is 59.2 Å². The first-order valence-electron chi connectivity index (χ1n) is 9.43. The lowest BCUT2D eigenvalue weighted by molar-refractivity contribution is 0.208. The summed E-state index contributed by atoms with van der Waals surface area (Å²) in [6.07, 6.45) is 0. The highest BCUT2D eigenvalue weighted by Crippen LogP contribution is 2.28. The van der Waals surface area contributed by atoms with Crippen molar-refractivity contribution in [2.45, 2.75) is 33.6 Å². The SMILES string of the molecule is Cc1cccc(N2CCN(C(=O)Nc3c(C)cccc3C(C)C)CC2)c1. The molecule has 1 heterocycles. The summed E-state index contributed by atoms with van der Waals surface area (Å²) in [7, 11) is 0. The van der Waals surface area contributed by atoms with Crippen LogP contribution in [0.1, 0.15) is 36.5 Å². The minimum Gasteiger partial charge on any atom is -0.368 e. The van der Waals surface area contributed by atoms with E-state index in [-0.39, 0.29) is 6.03 Å². The third-order valence-electron chi connectivity index (χ3n) is 5.09. The summed E-state index contributed by atoms with van der Waals surface area (Å²) in [5.41, 5.74) is 5.78. The van der Waals surface area contributed by atoms with Gasteiger partial charge in [-0.25, -0.2) is 4.79 Å². The van der Waals surface area contributed by atoms with Gasteiger partial charge in [-0.1, -0.05) is 44.2 Å². The molecule has 26 heavy (non-hydrogen) atoms. The van der Waals surface area contributed by atoms with Crippen LogP contribution in [0.4, 0.5) is 16.2 Å². The maximum Gasteiger partial charge on any atom is 0.321 e. The molecule has 1 saturated heterocycles. The minimum atomic E-state index is 0.00472. The highest BCUT2D eigenvalue weighted by molar-refractivity contribution is 5.91. The molecule has 138 valence electrons. The topological polar surface area (TPSA) is 35.6 Å². The van der Waals surface area contributed by atoms with Crippen molar-refractivity contribution in [2.24, 2.45) is 0 Å². The summed E-state index contributed by atoms with van der Waals surface area (Å²) in [6, 6.07) is 14.8. The number of amides is 2. The van der Waals surface area contributed by atoms with E-state index in [0.717, 1.165) is 37.4 Å². The van der Waals surface area contributed by atoms with Gasteiger partial charge in [0.15, 0.2) is 0 Å². The van der Waals surface area contributed by atoms with Crippen LogP contribution in [0.3, 0.4) is 0 Å². The van der Waals surface area contributed by atoms with Gasteiger partial charge in [0.2, 0.25) is 0 Å². The molecule has 0 radical (unpaired) electrons. The lowest BCUT2D eigenvalue weighted by Crippen LogP contribution is -2.50. The predicted octanol–water partition coefficient (Wildman–Crippen LogP) is 4.78. The monoisotopic (exact) mass is 351 g/mol. The van der Waals surface area contributed by atoms with Gasteiger partial charge in [0.1, 0.15) is 0 Å². The summed E-state index contributed by atoms with van der Waals surface area (Å²) < 4.78 is 0. The Bertz CT molecular complexity index is 777. The van der Waals surface area contributed by atoms with Crippen LogP contribution in [-0.2, 0) is 0 Å². The molecule has 1 fully saturated rings. The second kappa shape index (κ2) is 7.81. The fourth-order valence-electron chi connectivity index (χ4n) is 3.52. The van der Waals surface area contributed by atoms with Crippen molar-refractivity contribution in [3.63, 3.8) is 0 Å². The number of urea groups is 1. The molecule has 0 atom stereocenters. The quantitative estimate of drug-likeness (QED) is 0.864. The summed E-state index contributed by atoms with van der Waals surface area (Å²) >= 11 is 0. The smallest absolute Gasteiger partial charge is 0.321 e. The Hall–Kier alpha value is -2.49. The number of anilines is 2. The molecule has 1 N–H and O–H groups in total. The zero-order chi connectivity index (χ0) is 18.7. The standard InChI is InChI=1S/C22H29N3O/c1-16(2)20-10-6-8-18(4)21(20)23-22(26)25-13-11-24(12-14-25)19-9-5-7-17(3)15-19/h5-10,15-16H,11-14H2,1-4H3,(H,23,26). The number of rotatable bonds is 3. The van der Waals surface area contributed by atoms with Crippen molar-refractivity contribution in [3.8, 4) is 0 Å². The zero-order valence-corrected chi connectivity index (χ0v) is 16.2. The largest absolute Gasteiger partial charge is 0.368 e. The molecule has 2 aromatic rings. The number of aryl methyl sites for hydroxylation is 2. The van der Waals surface area contributed by atoms with Gasteiger partial charge >= 0.3 is 6.03 Å². The van der Waals surface area contributed by atoms with Gasteiger partial charge in [-0.3, -0.25) is 0 Å². The summed E-state index contributed by atoms with van der Waals surface area (Å²) in [5, 5.41) is 3.16. The van der Waals surface area contributed by atoms with Crippen LogP contribution in [0.2, 0.25) is 0 Å². The Kier molecular flexibility index (Phi) is 5.50. The van der Waals surface area contributed by atoms with Crippen LogP contribution >= 0.6 is 0 Å². The van der Waals surface area contributed by atoms with Gasteiger partial charge in [-0.2, -0.15) is 0 Å². The lowest BCUT2D eigenvalue weighted by atomic mass is 9.98. The molecule has 0 saturated carbocycles. The number of benzene rings is 2. The Morgan fingerprint density at radius 1 is 1.00 bits per heavy atom. The van der Waals surface area contributed by atoms with Crippen LogP contribution in [0, 0.1) is 13.8 Å². The van der Waals surface area contributed by atoms with Crippen LogP contribution in [-0.4, -0.2) is 37.1 Å². The van der Waals surface area contributed by atoms with Crippen molar-refractivity contribution in [1.82, 2.24) is 4.90 Å². The molecular weight excluding hydrogens is 322 g/mol. The fraction of sp³-hybridized carbons (Fsp3) is 0.409. The molecule has 4 nitrogen and oxygen atoms in total. The molecule has 1 aliphatic rings. The molecular formula is C22H29N3O. The highest BCUT2D eigenvalue weighted by atomic mass is 16.2. The summed E-state index contributed by atoms with van der Waals surface area (Å²) in [4.78, 5) is 17.1. The van der Waals surface area contributed by atoms with E-state index in [4.69, 9.17) is 0 Å². The molecule has 0 spiro atoms. The van der Waals surface area contributed by atoms with E-state index in [1.807, 2.05) is 4.90 Å². The average molecular weight is 351 g/mol. The Balaban J connectivity index is 1.65. The van der Waals surface area contributed by atoms with E-state index in [0.29, 0.717) is 5.92 Å². The Morgan fingerprint density at radius 2 is 1.69 bits per heavy atom. The fourth-order valence-corrected chi connectivity index (χ4v) is 3.52. The predicted molar refractivity (Wildman–Crippen MR) is 109 cm³/mol. The summed E-state index contributed by atoms with van der Waals surface area (Å²) in [5.74, 6) is 0.378. The molecule has 2 aromatic carbocycles. The van der Waals surface area contributed by atoms with Crippen LogP contribution in [0.25, 0.3) is 0 Å². The van der Waals surface area contributed by atoms with Crippen LogP contribution < -0.4 is 10.2 Å². The van der Waals surface area contributed by atoms with Gasteiger partial charge in [-0.15, -0.1) is 0 Å². The van der Waals surface area contributed by atoms with Crippen molar-refractivity contribution in [1.29, 1.82) is 0 Å². The second-order valence-electron chi connectivity index (χ2n) is 7.44. The summed E-state index contributed by atoms with van der Waals surface area (Å²) in [6.45, 7) is 11.7. The first-order chi connectivity index (χ1) is 12.5. The number of nitrogens with one attached hydrogen (secondary N) is 1. The maximum atomic E-state index is 12.8. The van der Waals surface area contributed by atoms with Gasteiger partial charge in [0.25, 0.3) is 0 Å². The third-order valence-corrected chi connectivity index (χ3v) is 5.09. The number of carbonyl (C=O) groups is 1. The van der Waals surface area contributed by atoms with Crippen LogP contribution in [0.15, 0.2) is 42.5 Å². The van der Waals surface area contributed by atoms with Crippen molar-refractivity contribution in [2.75, 3.05) is 36.4 Å². The molecule has 1 aliphatic heterocycles. The minimum absolute atomic E-state index is 0.00472. The first-order valence-corrected chi connectivity index (χ1v) is 9.43. The van der Waals surface area contributed by atoms with E-state index in [1.165, 1.54) is 16.8 Å². The number of hydrogen-bond donors (Lipinski definition) is 1. The second-order valence-corrected chi connectivity index (χ2v) is 7.44. The Morgan fingerprint density at radius 3 is 2.35 bits per heavy atom. The van der Waals surface area contributed by atoms with Gasteiger partial charge in [0, 0.05) is 37.6 Å². The third kappa shape index (κ3) is 4.01. The van der Waals surface area contributed by atoms with Gasteiger partial charge in [0.05, 0.1) is 0 Å². The van der Waals surface area contributed by atoms with E-state index in [1.54, 1.807) is 0 Å². The lowest BCUT2D eigenvalue weighted by Gasteiger charge is -2.36. The van der Waals surface area contributed by atoms with E-state index in [2.05, 4.69) is 80.4 Å². The number of para-hydroxylation sites is 1. The number of nitrogens with zero attached hydrogens (tertiary/aromatic N) is 2. The molecule has 0 bridgehead atoms. The van der Waals surface area contributed by atoms with Crippen LogP contribution in [0.5, 0.6) is 0 Å². The molecule has 2 amide bonds. The molecule has 0 aliphatic carbocycles. The highest BCUT2D eigenvalue weighted by Gasteiger charge is 2.22. The molecule has 3 rings (SSSR count). The molecule has 4 heteroatoms. The zero-order valence-electron chi connectivity index (χ0n) is 16.2. The van der Waals surface area contributed by atoms with E-state index in [9.17, 15) is 4.79 Å². The van der Waals surface area contributed by atoms with Gasteiger partial charge in [-0.05, 0) is 48.6 Å². The number of hydrogen-bond acceptors (Lipinski definition) is 2.